The third-order valence-corrected chi connectivity index (χ3v) is 5.16. The molecule has 4 aromatic rings. The van der Waals surface area contributed by atoms with Crippen molar-refractivity contribution in [2.24, 2.45) is 0 Å². The van der Waals surface area contributed by atoms with Crippen LogP contribution >= 0.6 is 24.8 Å². The van der Waals surface area contributed by atoms with Crippen LogP contribution in [0.2, 0.25) is 0 Å². The van der Waals surface area contributed by atoms with E-state index in [-0.39, 0.29) is 24.8 Å². The fraction of sp³-hybridized carbons (Fsp3) is 0.300. The smallest absolute Gasteiger partial charge is 0.166 e. The average molecular weight is 432 g/mol. The quantitative estimate of drug-likeness (QED) is 0.534. The molecule has 0 unspecified atom stereocenters. The molecule has 0 saturated carbocycles. The summed E-state index contributed by atoms with van der Waals surface area (Å²) in [5.74, 6) is 0.783. The molecule has 0 amide bonds. The van der Waals surface area contributed by atoms with Gasteiger partial charge in [-0.2, -0.15) is 0 Å². The summed E-state index contributed by atoms with van der Waals surface area (Å²) in [6, 6.07) is 10.7. The van der Waals surface area contributed by atoms with E-state index in [0.717, 1.165) is 59.7 Å². The molecule has 0 aliphatic carbocycles. The number of nitrogens with one attached hydrogen (secondary N) is 1. The number of para-hydroxylation sites is 1. The van der Waals surface area contributed by atoms with Crippen molar-refractivity contribution in [1.29, 1.82) is 0 Å². The summed E-state index contributed by atoms with van der Waals surface area (Å²) in [6.45, 7) is 4.06. The highest BCUT2D eigenvalue weighted by molar-refractivity contribution is 5.87. The zero-order valence-electron chi connectivity index (χ0n) is 16.0. The number of imidazole rings is 1. The molecule has 0 spiro atoms. The van der Waals surface area contributed by atoms with Gasteiger partial charge in [-0.25, -0.2) is 9.67 Å². The first-order valence-corrected chi connectivity index (χ1v) is 9.32. The lowest BCUT2D eigenvalue weighted by Crippen LogP contribution is -2.29. The molecule has 29 heavy (non-hydrogen) atoms. The fourth-order valence-electron chi connectivity index (χ4n) is 3.74. The first-order chi connectivity index (χ1) is 13.3. The van der Waals surface area contributed by atoms with Crippen LogP contribution in [0.4, 0.5) is 0 Å². The second-order valence-electron chi connectivity index (χ2n) is 6.99. The van der Waals surface area contributed by atoms with Gasteiger partial charge in [0.05, 0.1) is 23.4 Å². The van der Waals surface area contributed by atoms with E-state index in [0.29, 0.717) is 6.04 Å². The molecular weight excluding hydrogens is 409 g/mol. The van der Waals surface area contributed by atoms with Crippen LogP contribution in [-0.2, 0) is 0 Å². The van der Waals surface area contributed by atoms with Gasteiger partial charge in [-0.3, -0.25) is 9.55 Å². The maximum atomic E-state index is 4.75. The molecule has 1 saturated heterocycles. The van der Waals surface area contributed by atoms with Crippen molar-refractivity contribution in [2.45, 2.75) is 25.8 Å². The predicted octanol–water partition coefficient (Wildman–Crippen LogP) is 3.76. The zero-order valence-corrected chi connectivity index (χ0v) is 17.7. The van der Waals surface area contributed by atoms with Gasteiger partial charge in [0.25, 0.3) is 0 Å². The number of fused-ring (bicyclic) bond motifs is 1. The van der Waals surface area contributed by atoms with Gasteiger partial charge in [0, 0.05) is 23.5 Å². The Kier molecular flexibility index (Phi) is 6.52. The maximum absolute atomic E-state index is 4.75. The van der Waals surface area contributed by atoms with Gasteiger partial charge in [0.2, 0.25) is 0 Å². The third-order valence-electron chi connectivity index (χ3n) is 5.16. The minimum Gasteiger partial charge on any atom is -0.317 e. The average Bonchev–Trinajstić information content (AvgIpc) is 3.37. The number of halogens is 2. The van der Waals surface area contributed by atoms with Gasteiger partial charge < -0.3 is 5.32 Å². The Hall–Kier alpha value is -2.48. The summed E-state index contributed by atoms with van der Waals surface area (Å²) >= 11 is 0. The Morgan fingerprint density at radius 1 is 1.07 bits per heavy atom. The van der Waals surface area contributed by atoms with Crippen LogP contribution in [0.1, 0.15) is 24.6 Å². The lowest BCUT2D eigenvalue weighted by Gasteiger charge is -2.22. The number of rotatable bonds is 3. The van der Waals surface area contributed by atoms with Gasteiger partial charge in [-0.15, -0.1) is 29.9 Å². The fourth-order valence-corrected chi connectivity index (χ4v) is 3.74. The van der Waals surface area contributed by atoms with Gasteiger partial charge >= 0.3 is 0 Å². The van der Waals surface area contributed by atoms with E-state index in [2.05, 4.69) is 38.8 Å². The topological polar surface area (TPSA) is 73.5 Å². The number of pyridine rings is 1. The molecule has 1 aliphatic heterocycles. The second kappa shape index (κ2) is 8.90. The molecule has 152 valence electrons. The van der Waals surface area contributed by atoms with Crippen LogP contribution in [0.5, 0.6) is 0 Å². The van der Waals surface area contributed by atoms with Crippen molar-refractivity contribution in [1.82, 2.24) is 34.8 Å². The van der Waals surface area contributed by atoms with Crippen LogP contribution in [-0.4, -0.2) is 42.6 Å². The van der Waals surface area contributed by atoms with Crippen LogP contribution in [0.25, 0.3) is 28.1 Å². The molecule has 1 fully saturated rings. The Labute approximate surface area is 181 Å². The molecular formula is C20H23Cl2N7. The van der Waals surface area contributed by atoms with Gasteiger partial charge in [0.1, 0.15) is 5.69 Å². The number of aromatic nitrogens is 6. The van der Waals surface area contributed by atoms with Gasteiger partial charge in [-0.1, -0.05) is 23.4 Å². The Balaban J connectivity index is 0.00000120. The Bertz CT molecular complexity index is 1100. The van der Waals surface area contributed by atoms with Gasteiger partial charge in [0.15, 0.2) is 5.82 Å². The molecule has 1 aliphatic rings. The van der Waals surface area contributed by atoms with Crippen molar-refractivity contribution in [3.8, 4) is 17.2 Å². The van der Waals surface area contributed by atoms with E-state index < -0.39 is 0 Å². The molecule has 1 aromatic carbocycles. The Morgan fingerprint density at radius 3 is 2.72 bits per heavy atom. The van der Waals surface area contributed by atoms with Crippen LogP contribution < -0.4 is 5.32 Å². The summed E-state index contributed by atoms with van der Waals surface area (Å²) in [5, 5.41) is 13.3. The molecule has 5 rings (SSSR count). The van der Waals surface area contributed by atoms with Crippen LogP contribution in [0, 0.1) is 6.92 Å². The van der Waals surface area contributed by atoms with Crippen molar-refractivity contribution < 1.29 is 0 Å². The molecule has 3 aromatic heterocycles. The maximum Gasteiger partial charge on any atom is 0.166 e. The van der Waals surface area contributed by atoms with E-state index in [4.69, 9.17) is 4.98 Å². The van der Waals surface area contributed by atoms with Crippen molar-refractivity contribution in [2.75, 3.05) is 13.1 Å². The Morgan fingerprint density at radius 2 is 1.90 bits per heavy atom. The molecule has 7 nitrogen and oxygen atoms in total. The number of hydrogen-bond donors (Lipinski definition) is 1. The van der Waals surface area contributed by atoms with Crippen molar-refractivity contribution >= 4 is 35.7 Å². The summed E-state index contributed by atoms with van der Waals surface area (Å²) in [7, 11) is 0. The lowest BCUT2D eigenvalue weighted by molar-refractivity contribution is 0.337. The zero-order chi connectivity index (χ0) is 18.2. The van der Waals surface area contributed by atoms with Crippen LogP contribution in [0.3, 0.4) is 0 Å². The first-order valence-electron chi connectivity index (χ1n) is 9.32. The van der Waals surface area contributed by atoms with E-state index in [1.54, 1.807) is 6.20 Å². The highest BCUT2D eigenvalue weighted by Gasteiger charge is 2.19. The normalized spacial score (nSPS) is 14.4. The molecule has 1 N–H and O–H groups in total. The molecule has 9 heteroatoms. The number of nitrogens with zero attached hydrogens (tertiary/aromatic N) is 6. The summed E-state index contributed by atoms with van der Waals surface area (Å²) < 4.78 is 4.03. The highest BCUT2D eigenvalue weighted by Crippen LogP contribution is 2.26. The van der Waals surface area contributed by atoms with E-state index in [1.165, 1.54) is 0 Å². The number of hydrogen-bond acceptors (Lipinski definition) is 5. The minimum absolute atomic E-state index is 0. The molecule has 4 heterocycles. The monoisotopic (exact) mass is 431 g/mol. The molecule has 0 radical (unpaired) electrons. The summed E-state index contributed by atoms with van der Waals surface area (Å²) in [4.78, 5) is 9.31. The molecule has 0 bridgehead atoms. The highest BCUT2D eigenvalue weighted by atomic mass is 35.5. The second-order valence-corrected chi connectivity index (χ2v) is 6.99. The predicted molar refractivity (Wildman–Crippen MR) is 118 cm³/mol. The number of aryl methyl sites for hydroxylation is 1. The standard InChI is InChI=1S/C20H21N7.2ClH/c1-14-5-6-15-3-2-4-18(19(15)23-14)26-12-11-22-20(26)17-13-27(25-24-17)16-7-9-21-10-8-16;;/h2-6,11-13,16,21H,7-10H2,1H3;2*1H. The third kappa shape index (κ3) is 3.99. The number of benzene rings is 1. The SMILES string of the molecule is Cc1ccc2cccc(-n3ccnc3-c3cn(C4CCNCC4)nn3)c2n1.Cl.Cl. The van der Waals surface area contributed by atoms with E-state index in [9.17, 15) is 0 Å². The van der Waals surface area contributed by atoms with E-state index in [1.807, 2.05) is 40.7 Å². The first kappa shape index (κ1) is 21.2. The summed E-state index contributed by atoms with van der Waals surface area (Å²) in [6.07, 6.45) is 7.91. The minimum atomic E-state index is 0. The van der Waals surface area contributed by atoms with Gasteiger partial charge in [-0.05, 0) is 45.0 Å². The van der Waals surface area contributed by atoms with Crippen LogP contribution in [0.15, 0.2) is 48.9 Å². The lowest BCUT2D eigenvalue weighted by atomic mass is 10.1. The largest absolute Gasteiger partial charge is 0.317 e. The van der Waals surface area contributed by atoms with E-state index >= 15 is 0 Å². The molecule has 0 atom stereocenters. The summed E-state index contributed by atoms with van der Waals surface area (Å²) in [5.41, 5.74) is 3.74. The van der Waals surface area contributed by atoms with Crippen molar-refractivity contribution in [3.63, 3.8) is 0 Å². The van der Waals surface area contributed by atoms with Crippen molar-refractivity contribution in [3.05, 3.63) is 54.6 Å². The number of piperidine rings is 1.